The second-order valence-corrected chi connectivity index (χ2v) is 5.70. The molecule has 0 aliphatic carbocycles. The molecule has 0 spiro atoms. The number of methoxy groups -OCH3 is 3. The predicted octanol–water partition coefficient (Wildman–Crippen LogP) is 2.51. The molecule has 2 aromatic carbocycles. The molecule has 0 aliphatic rings. The van der Waals surface area contributed by atoms with E-state index >= 15 is 0 Å². The molecule has 2 rings (SSSR count). The first kappa shape index (κ1) is 19.6. The van der Waals surface area contributed by atoms with Crippen molar-refractivity contribution in [2.24, 2.45) is 0 Å². The van der Waals surface area contributed by atoms with Crippen molar-refractivity contribution in [2.45, 2.75) is 19.5 Å². The maximum atomic E-state index is 12.0. The summed E-state index contributed by atoms with van der Waals surface area (Å²) in [5, 5.41) is 6.17. The minimum absolute atomic E-state index is 0.00712. The molecule has 2 N–H and O–H groups in total. The fraction of sp³-hybridized carbons (Fsp3) is 0.350. The van der Waals surface area contributed by atoms with Crippen LogP contribution in [0.2, 0.25) is 0 Å². The first-order valence-electron chi connectivity index (χ1n) is 8.48. The zero-order valence-corrected chi connectivity index (χ0v) is 15.5. The van der Waals surface area contributed by atoms with Crippen molar-refractivity contribution in [3.63, 3.8) is 0 Å². The Bertz CT molecular complexity index is 719. The van der Waals surface area contributed by atoms with Crippen molar-refractivity contribution in [1.82, 2.24) is 10.6 Å². The monoisotopic (exact) mass is 358 g/mol. The molecule has 0 saturated heterocycles. The Labute approximate surface area is 154 Å². The van der Waals surface area contributed by atoms with Crippen LogP contribution in [-0.4, -0.2) is 33.8 Å². The number of rotatable bonds is 10. The highest BCUT2D eigenvalue weighted by Gasteiger charge is 2.06. The van der Waals surface area contributed by atoms with E-state index in [2.05, 4.69) is 10.6 Å². The Kier molecular flexibility index (Phi) is 7.76. The first-order chi connectivity index (χ1) is 12.7. The largest absolute Gasteiger partial charge is 0.496 e. The van der Waals surface area contributed by atoms with Crippen molar-refractivity contribution in [1.29, 1.82) is 0 Å². The summed E-state index contributed by atoms with van der Waals surface area (Å²) < 4.78 is 15.8. The van der Waals surface area contributed by atoms with Gasteiger partial charge in [-0.05, 0) is 23.8 Å². The number of nitrogens with one attached hydrogen (secondary N) is 2. The van der Waals surface area contributed by atoms with Crippen LogP contribution in [0.25, 0.3) is 0 Å². The molecule has 2 aromatic rings. The van der Waals surface area contributed by atoms with E-state index in [-0.39, 0.29) is 5.91 Å². The molecule has 26 heavy (non-hydrogen) atoms. The SMILES string of the molecule is COc1ccccc1CNCCC(=O)NCc1ccc(OC)c(OC)c1. The summed E-state index contributed by atoms with van der Waals surface area (Å²) in [6.07, 6.45) is 0.405. The molecule has 6 heteroatoms. The third-order valence-corrected chi connectivity index (χ3v) is 3.97. The van der Waals surface area contributed by atoms with Crippen LogP contribution >= 0.6 is 0 Å². The lowest BCUT2D eigenvalue weighted by Crippen LogP contribution is -2.27. The standard InChI is InChI=1S/C20H26N2O4/c1-24-17-7-5-4-6-16(17)14-21-11-10-20(23)22-13-15-8-9-18(25-2)19(12-15)26-3/h4-9,12,21H,10-11,13-14H2,1-3H3,(H,22,23). The van der Waals surface area contributed by atoms with Gasteiger partial charge in [-0.2, -0.15) is 0 Å². The number of ether oxygens (including phenoxy) is 3. The summed E-state index contributed by atoms with van der Waals surface area (Å²) in [5.74, 6) is 2.16. The molecule has 0 aliphatic heterocycles. The zero-order chi connectivity index (χ0) is 18.8. The molecule has 0 saturated carbocycles. The van der Waals surface area contributed by atoms with Crippen LogP contribution in [0, 0.1) is 0 Å². The number of carbonyl (C=O) groups excluding carboxylic acids is 1. The second kappa shape index (κ2) is 10.3. The molecule has 0 bridgehead atoms. The van der Waals surface area contributed by atoms with E-state index in [0.29, 0.717) is 37.6 Å². The molecule has 0 radical (unpaired) electrons. The Hall–Kier alpha value is -2.73. The minimum atomic E-state index is -0.00712. The molecular weight excluding hydrogens is 332 g/mol. The van der Waals surface area contributed by atoms with Crippen molar-refractivity contribution in [3.8, 4) is 17.2 Å². The lowest BCUT2D eigenvalue weighted by Gasteiger charge is -2.11. The van der Waals surface area contributed by atoms with Crippen LogP contribution < -0.4 is 24.8 Å². The van der Waals surface area contributed by atoms with Crippen molar-refractivity contribution in [3.05, 3.63) is 53.6 Å². The van der Waals surface area contributed by atoms with Gasteiger partial charge in [-0.25, -0.2) is 0 Å². The number of benzene rings is 2. The summed E-state index contributed by atoms with van der Waals surface area (Å²) in [7, 11) is 4.84. The summed E-state index contributed by atoms with van der Waals surface area (Å²) in [6, 6.07) is 13.4. The Morgan fingerprint density at radius 1 is 0.885 bits per heavy atom. The average molecular weight is 358 g/mol. The fourth-order valence-electron chi connectivity index (χ4n) is 2.55. The van der Waals surface area contributed by atoms with Gasteiger partial charge in [-0.1, -0.05) is 24.3 Å². The molecule has 140 valence electrons. The van der Waals surface area contributed by atoms with Gasteiger partial charge in [0, 0.05) is 31.6 Å². The normalized spacial score (nSPS) is 10.3. The highest BCUT2D eigenvalue weighted by atomic mass is 16.5. The van der Waals surface area contributed by atoms with Crippen LogP contribution in [0.15, 0.2) is 42.5 Å². The average Bonchev–Trinajstić information content (AvgIpc) is 2.69. The van der Waals surface area contributed by atoms with Crippen molar-refractivity contribution < 1.29 is 19.0 Å². The lowest BCUT2D eigenvalue weighted by molar-refractivity contribution is -0.121. The van der Waals surface area contributed by atoms with Gasteiger partial charge in [0.05, 0.1) is 21.3 Å². The van der Waals surface area contributed by atoms with E-state index < -0.39 is 0 Å². The van der Waals surface area contributed by atoms with Gasteiger partial charge in [-0.3, -0.25) is 4.79 Å². The Balaban J connectivity index is 1.72. The molecule has 0 heterocycles. The molecule has 0 atom stereocenters. The number of para-hydroxylation sites is 1. The van der Waals surface area contributed by atoms with Crippen LogP contribution in [0.5, 0.6) is 17.2 Å². The van der Waals surface area contributed by atoms with Crippen molar-refractivity contribution in [2.75, 3.05) is 27.9 Å². The third kappa shape index (κ3) is 5.67. The van der Waals surface area contributed by atoms with E-state index in [4.69, 9.17) is 14.2 Å². The van der Waals surface area contributed by atoms with Crippen LogP contribution in [0.4, 0.5) is 0 Å². The smallest absolute Gasteiger partial charge is 0.221 e. The highest BCUT2D eigenvalue weighted by molar-refractivity contribution is 5.76. The fourth-order valence-corrected chi connectivity index (χ4v) is 2.55. The minimum Gasteiger partial charge on any atom is -0.496 e. The number of carbonyl (C=O) groups is 1. The van der Waals surface area contributed by atoms with Crippen LogP contribution in [-0.2, 0) is 17.9 Å². The first-order valence-corrected chi connectivity index (χ1v) is 8.48. The molecule has 0 aromatic heterocycles. The topological polar surface area (TPSA) is 68.8 Å². The van der Waals surface area contributed by atoms with Crippen LogP contribution in [0.1, 0.15) is 17.5 Å². The van der Waals surface area contributed by atoms with E-state index in [1.165, 1.54) is 0 Å². The number of hydrogen-bond donors (Lipinski definition) is 2. The Morgan fingerprint density at radius 3 is 2.35 bits per heavy atom. The van der Waals surface area contributed by atoms with Gasteiger partial charge < -0.3 is 24.8 Å². The molecule has 0 fully saturated rings. The van der Waals surface area contributed by atoms with E-state index in [1.807, 2.05) is 42.5 Å². The summed E-state index contributed by atoms with van der Waals surface area (Å²) in [4.78, 5) is 12.0. The van der Waals surface area contributed by atoms with Gasteiger partial charge in [-0.15, -0.1) is 0 Å². The highest BCUT2D eigenvalue weighted by Crippen LogP contribution is 2.27. The summed E-state index contributed by atoms with van der Waals surface area (Å²) >= 11 is 0. The van der Waals surface area contributed by atoms with Gasteiger partial charge in [0.1, 0.15) is 5.75 Å². The third-order valence-electron chi connectivity index (χ3n) is 3.97. The van der Waals surface area contributed by atoms with Crippen LogP contribution in [0.3, 0.4) is 0 Å². The molecule has 0 unspecified atom stereocenters. The number of hydrogen-bond acceptors (Lipinski definition) is 5. The van der Waals surface area contributed by atoms with Crippen molar-refractivity contribution >= 4 is 5.91 Å². The van der Waals surface area contributed by atoms with E-state index in [1.54, 1.807) is 21.3 Å². The van der Waals surface area contributed by atoms with Gasteiger partial charge in [0.15, 0.2) is 11.5 Å². The number of amides is 1. The molecular formula is C20H26N2O4. The predicted molar refractivity (Wildman–Crippen MR) is 101 cm³/mol. The van der Waals surface area contributed by atoms with Gasteiger partial charge in [0.2, 0.25) is 5.91 Å². The molecule has 6 nitrogen and oxygen atoms in total. The maximum absolute atomic E-state index is 12.0. The summed E-state index contributed by atoms with van der Waals surface area (Å²) in [6.45, 7) is 1.70. The van der Waals surface area contributed by atoms with E-state index in [9.17, 15) is 4.79 Å². The molecule has 1 amide bonds. The quantitative estimate of drug-likeness (QED) is 0.639. The van der Waals surface area contributed by atoms with Gasteiger partial charge >= 0.3 is 0 Å². The Morgan fingerprint density at radius 2 is 1.62 bits per heavy atom. The summed E-state index contributed by atoms with van der Waals surface area (Å²) in [5.41, 5.74) is 2.03. The van der Waals surface area contributed by atoms with E-state index in [0.717, 1.165) is 16.9 Å². The lowest BCUT2D eigenvalue weighted by atomic mass is 10.2. The zero-order valence-electron chi connectivity index (χ0n) is 15.5. The second-order valence-electron chi connectivity index (χ2n) is 5.70. The maximum Gasteiger partial charge on any atom is 0.221 e. The van der Waals surface area contributed by atoms with Gasteiger partial charge in [0.25, 0.3) is 0 Å².